The lowest BCUT2D eigenvalue weighted by molar-refractivity contribution is 0.296. The molecule has 0 radical (unpaired) electrons. The molecule has 3 rings (SSSR count). The van der Waals surface area contributed by atoms with Crippen molar-refractivity contribution in [1.29, 1.82) is 0 Å². The molecule has 138 valence electrons. The van der Waals surface area contributed by atoms with Crippen molar-refractivity contribution in [2.75, 3.05) is 6.61 Å². The lowest BCUT2D eigenvalue weighted by Gasteiger charge is -2.26. The topological polar surface area (TPSA) is 9.23 Å². The van der Waals surface area contributed by atoms with E-state index in [1.807, 2.05) is 19.1 Å². The van der Waals surface area contributed by atoms with E-state index in [0.717, 1.165) is 11.7 Å². The molecular weight excluding hydrogens is 340 g/mol. The monoisotopic (exact) mass is 368 g/mol. The first-order chi connectivity index (χ1) is 12.8. The van der Waals surface area contributed by atoms with Gasteiger partial charge in [-0.3, -0.25) is 0 Å². The zero-order valence-corrected chi connectivity index (χ0v) is 16.4. The van der Waals surface area contributed by atoms with Gasteiger partial charge in [0, 0.05) is 5.54 Å². The predicted octanol–water partition coefficient (Wildman–Crippen LogP) is 7.24. The molecule has 1 nitrogen and oxygen atoms in total. The summed E-state index contributed by atoms with van der Waals surface area (Å²) in [5, 5.41) is 0. The summed E-state index contributed by atoms with van der Waals surface area (Å²) in [5.41, 5.74) is 5.65. The summed E-state index contributed by atoms with van der Waals surface area (Å²) in [4.78, 5) is 0. The number of aryl methyl sites for hydroxylation is 1. The lowest BCUT2D eigenvalue weighted by atomic mass is 9.79. The van der Waals surface area contributed by atoms with Crippen molar-refractivity contribution >= 4 is 11.6 Å². The van der Waals surface area contributed by atoms with Gasteiger partial charge in [0.25, 0.3) is 0 Å². The molecule has 0 unspecified atom stereocenters. The van der Waals surface area contributed by atoms with Crippen LogP contribution < -0.4 is 4.74 Å². The van der Waals surface area contributed by atoms with Crippen LogP contribution in [0.1, 0.15) is 44.6 Å². The highest BCUT2D eigenvalue weighted by Crippen LogP contribution is 2.32. The fourth-order valence-corrected chi connectivity index (χ4v) is 4.12. The molecular formula is C24H29ClO. The standard InChI is InChI=1S/C24H29ClO/c1-2-26-24-15-13-23(14-16-24)22-11-9-20(10-12-22)4-3-19-5-7-21(8-6-19)17-18-25/h9-19,21H,2-8H2,1H3. The molecule has 2 aromatic carbocycles. The third-order valence-corrected chi connectivity index (χ3v) is 5.68. The van der Waals surface area contributed by atoms with Gasteiger partial charge in [0.1, 0.15) is 5.75 Å². The molecule has 0 N–H and O–H groups in total. The first-order valence-electron chi connectivity index (χ1n) is 9.87. The summed E-state index contributed by atoms with van der Waals surface area (Å²) >= 11 is 5.70. The van der Waals surface area contributed by atoms with Crippen LogP contribution in [0.2, 0.25) is 0 Å². The molecule has 2 heteroatoms. The van der Waals surface area contributed by atoms with E-state index >= 15 is 0 Å². The van der Waals surface area contributed by atoms with Gasteiger partial charge in [-0.2, -0.15) is 0 Å². The van der Waals surface area contributed by atoms with Gasteiger partial charge in [-0.15, -0.1) is 0 Å². The van der Waals surface area contributed by atoms with Crippen molar-refractivity contribution in [2.24, 2.45) is 11.8 Å². The number of hydrogen-bond acceptors (Lipinski definition) is 1. The van der Waals surface area contributed by atoms with Crippen molar-refractivity contribution in [3.05, 3.63) is 65.7 Å². The van der Waals surface area contributed by atoms with Crippen LogP contribution in [0.3, 0.4) is 0 Å². The first kappa shape index (κ1) is 19.0. The van der Waals surface area contributed by atoms with Crippen LogP contribution in [-0.2, 0) is 6.42 Å². The molecule has 1 aliphatic carbocycles. The first-order valence-corrected chi connectivity index (χ1v) is 10.3. The Kier molecular flexibility index (Phi) is 7.20. The number of hydrogen-bond donors (Lipinski definition) is 0. The van der Waals surface area contributed by atoms with E-state index in [0.29, 0.717) is 12.5 Å². The van der Waals surface area contributed by atoms with E-state index in [-0.39, 0.29) is 0 Å². The van der Waals surface area contributed by atoms with E-state index in [9.17, 15) is 0 Å². The Hall–Kier alpha value is -1.73. The van der Waals surface area contributed by atoms with Gasteiger partial charge in [-0.1, -0.05) is 54.1 Å². The van der Waals surface area contributed by atoms with Crippen molar-refractivity contribution < 1.29 is 4.74 Å². The van der Waals surface area contributed by atoms with E-state index in [4.69, 9.17) is 16.3 Å². The number of halogens is 1. The summed E-state index contributed by atoms with van der Waals surface area (Å²) in [6.45, 7) is 2.72. The molecule has 0 aliphatic heterocycles. The molecule has 0 aromatic heterocycles. The highest BCUT2D eigenvalue weighted by molar-refractivity contribution is 6.25. The minimum Gasteiger partial charge on any atom is -0.494 e. The highest BCUT2D eigenvalue weighted by atomic mass is 35.5. The zero-order valence-electron chi connectivity index (χ0n) is 15.7. The second-order valence-electron chi connectivity index (χ2n) is 7.29. The summed E-state index contributed by atoms with van der Waals surface area (Å²) in [6.07, 6.45) is 9.93. The van der Waals surface area contributed by atoms with Gasteiger partial charge in [0.15, 0.2) is 0 Å². The van der Waals surface area contributed by atoms with Gasteiger partial charge >= 0.3 is 0 Å². The number of benzene rings is 2. The molecule has 0 bridgehead atoms. The van der Waals surface area contributed by atoms with Crippen LogP contribution in [0.25, 0.3) is 11.1 Å². The van der Waals surface area contributed by atoms with Crippen LogP contribution in [0.15, 0.2) is 60.1 Å². The average molecular weight is 369 g/mol. The molecule has 0 spiro atoms. The van der Waals surface area contributed by atoms with Crippen LogP contribution in [0, 0.1) is 11.8 Å². The molecule has 0 saturated heterocycles. The molecule has 26 heavy (non-hydrogen) atoms. The summed E-state index contributed by atoms with van der Waals surface area (Å²) < 4.78 is 5.52. The summed E-state index contributed by atoms with van der Waals surface area (Å²) in [6, 6.07) is 17.4. The Labute approximate surface area is 163 Å². The van der Waals surface area contributed by atoms with E-state index in [1.165, 1.54) is 55.2 Å². The van der Waals surface area contributed by atoms with Crippen LogP contribution in [0.5, 0.6) is 5.75 Å². The van der Waals surface area contributed by atoms with Crippen molar-refractivity contribution in [1.82, 2.24) is 0 Å². The molecule has 0 heterocycles. The third kappa shape index (κ3) is 5.38. The molecule has 0 atom stereocenters. The Morgan fingerprint density at radius 3 is 2.12 bits per heavy atom. The van der Waals surface area contributed by atoms with Crippen LogP contribution >= 0.6 is 11.6 Å². The predicted molar refractivity (Wildman–Crippen MR) is 112 cm³/mol. The van der Waals surface area contributed by atoms with Crippen molar-refractivity contribution in [3.8, 4) is 16.9 Å². The van der Waals surface area contributed by atoms with Crippen molar-refractivity contribution in [3.63, 3.8) is 0 Å². The second-order valence-corrected chi connectivity index (χ2v) is 7.54. The van der Waals surface area contributed by atoms with E-state index < -0.39 is 0 Å². The maximum atomic E-state index is 5.70. The molecule has 2 aromatic rings. The molecule has 1 aliphatic rings. The van der Waals surface area contributed by atoms with Crippen LogP contribution in [-0.4, -0.2) is 6.61 Å². The van der Waals surface area contributed by atoms with Gasteiger partial charge in [0.2, 0.25) is 0 Å². The average Bonchev–Trinajstić information content (AvgIpc) is 2.69. The Balaban J connectivity index is 1.50. The summed E-state index contributed by atoms with van der Waals surface area (Å²) in [7, 11) is 0. The molecule has 1 fully saturated rings. The Morgan fingerprint density at radius 2 is 1.54 bits per heavy atom. The molecule has 1 saturated carbocycles. The minimum absolute atomic E-state index is 0.706. The minimum atomic E-state index is 0.706. The Morgan fingerprint density at radius 1 is 0.923 bits per heavy atom. The number of ether oxygens (including phenoxy) is 1. The van der Waals surface area contributed by atoms with Gasteiger partial charge < -0.3 is 4.74 Å². The number of rotatable bonds is 7. The SMILES string of the molecule is CCOc1ccc(-c2ccc(CCC3CCC(C=CCl)CC3)cc2)cc1. The largest absolute Gasteiger partial charge is 0.494 e. The van der Waals surface area contributed by atoms with E-state index in [1.54, 1.807) is 5.54 Å². The third-order valence-electron chi connectivity index (χ3n) is 5.53. The highest BCUT2D eigenvalue weighted by Gasteiger charge is 2.19. The Bertz CT molecular complexity index is 679. The molecule has 0 amide bonds. The summed E-state index contributed by atoms with van der Waals surface area (Å²) in [5.74, 6) is 2.52. The smallest absolute Gasteiger partial charge is 0.119 e. The van der Waals surface area contributed by atoms with Crippen molar-refractivity contribution in [2.45, 2.75) is 45.4 Å². The maximum Gasteiger partial charge on any atom is 0.119 e. The van der Waals surface area contributed by atoms with E-state index in [2.05, 4.69) is 42.5 Å². The zero-order chi connectivity index (χ0) is 18.2. The normalized spacial score (nSPS) is 20.4. The lowest BCUT2D eigenvalue weighted by Crippen LogP contribution is -2.13. The fourth-order valence-electron chi connectivity index (χ4n) is 3.92. The van der Waals surface area contributed by atoms with Crippen LogP contribution in [0.4, 0.5) is 0 Å². The second kappa shape index (κ2) is 9.83. The maximum absolute atomic E-state index is 5.70. The van der Waals surface area contributed by atoms with Gasteiger partial charge in [-0.25, -0.2) is 0 Å². The van der Waals surface area contributed by atoms with Gasteiger partial charge in [0.05, 0.1) is 6.61 Å². The number of allylic oxidation sites excluding steroid dienone is 1. The van der Waals surface area contributed by atoms with Gasteiger partial charge in [-0.05, 0) is 86.1 Å². The quantitative estimate of drug-likeness (QED) is 0.500. The fraction of sp³-hybridized carbons (Fsp3) is 0.417.